The minimum atomic E-state index is -5.13. The van der Waals surface area contributed by atoms with Crippen molar-refractivity contribution in [3.8, 4) is 0 Å². The van der Waals surface area contributed by atoms with Crippen LogP contribution in [-0.2, 0) is 4.79 Å². The normalized spacial score (nSPS) is 18.0. The van der Waals surface area contributed by atoms with E-state index in [1.165, 1.54) is 0 Å². The number of rotatable bonds is 2. The predicted octanol–water partition coefficient (Wildman–Crippen LogP) is 2.24. The smallest absolute Gasteiger partial charge is 0.368 e. The Hall–Kier alpha value is -1.79. The number of hydrogen-bond donors (Lipinski definition) is 0. The van der Waals surface area contributed by atoms with E-state index >= 15 is 0 Å². The maximum Gasteiger partial charge on any atom is 0.428 e. The number of para-hydroxylation sites is 1. The second kappa shape index (κ2) is 5.68. The first-order chi connectivity index (χ1) is 9.39. The number of alkyl halides is 4. The molecular weight excluding hydrogens is 276 g/mol. The van der Waals surface area contributed by atoms with Crippen LogP contribution in [0.2, 0.25) is 0 Å². The molecule has 0 aromatic heterocycles. The lowest BCUT2D eigenvalue weighted by molar-refractivity contribution is -0.193. The van der Waals surface area contributed by atoms with E-state index < -0.39 is 18.3 Å². The van der Waals surface area contributed by atoms with Crippen molar-refractivity contribution in [3.05, 3.63) is 30.3 Å². The second-order valence-corrected chi connectivity index (χ2v) is 4.55. The fourth-order valence-corrected chi connectivity index (χ4v) is 2.12. The van der Waals surface area contributed by atoms with Crippen LogP contribution in [0.5, 0.6) is 0 Å². The minimum absolute atomic E-state index is 0.0875. The fourth-order valence-electron chi connectivity index (χ4n) is 2.12. The van der Waals surface area contributed by atoms with E-state index in [1.54, 1.807) is 0 Å². The molecule has 1 amide bonds. The Morgan fingerprint density at radius 3 is 2.10 bits per heavy atom. The molecule has 1 saturated heterocycles. The number of piperazine rings is 1. The third-order valence-electron chi connectivity index (χ3n) is 3.22. The summed E-state index contributed by atoms with van der Waals surface area (Å²) in [6.45, 7) is 0.953. The Bertz CT molecular complexity index is 455. The van der Waals surface area contributed by atoms with Crippen LogP contribution in [-0.4, -0.2) is 49.3 Å². The summed E-state index contributed by atoms with van der Waals surface area (Å²) in [5.41, 5.74) is 0.937. The molecule has 1 aliphatic heterocycles. The summed E-state index contributed by atoms with van der Waals surface area (Å²) in [5, 5.41) is 0. The maximum absolute atomic E-state index is 13.0. The van der Waals surface area contributed by atoms with Crippen molar-refractivity contribution in [3.63, 3.8) is 0 Å². The van der Waals surface area contributed by atoms with Crippen molar-refractivity contribution in [2.45, 2.75) is 12.3 Å². The molecule has 0 unspecified atom stereocenters. The highest BCUT2D eigenvalue weighted by molar-refractivity contribution is 5.82. The topological polar surface area (TPSA) is 23.6 Å². The van der Waals surface area contributed by atoms with E-state index in [-0.39, 0.29) is 13.1 Å². The van der Waals surface area contributed by atoms with Gasteiger partial charge in [-0.05, 0) is 12.1 Å². The highest BCUT2D eigenvalue weighted by Crippen LogP contribution is 2.25. The quantitative estimate of drug-likeness (QED) is 0.780. The van der Waals surface area contributed by atoms with E-state index in [2.05, 4.69) is 0 Å². The molecule has 0 bridgehead atoms. The molecular formula is C13H14F4N2O. The van der Waals surface area contributed by atoms with Crippen LogP contribution in [0, 0.1) is 0 Å². The van der Waals surface area contributed by atoms with Crippen LogP contribution in [0.15, 0.2) is 30.3 Å². The van der Waals surface area contributed by atoms with Crippen LogP contribution in [0.4, 0.5) is 23.2 Å². The highest BCUT2D eigenvalue weighted by Gasteiger charge is 2.47. The molecule has 20 heavy (non-hydrogen) atoms. The van der Waals surface area contributed by atoms with Gasteiger partial charge in [0.05, 0.1) is 0 Å². The fraction of sp³-hybridized carbons (Fsp3) is 0.462. The molecule has 1 atom stereocenters. The van der Waals surface area contributed by atoms with Crippen molar-refractivity contribution in [2.75, 3.05) is 31.1 Å². The summed E-state index contributed by atoms with van der Waals surface area (Å²) in [5.74, 6) is -1.50. The van der Waals surface area contributed by atoms with E-state index in [0.29, 0.717) is 13.1 Å². The molecule has 1 aliphatic rings. The summed E-state index contributed by atoms with van der Waals surface area (Å²) >= 11 is 0. The van der Waals surface area contributed by atoms with E-state index in [4.69, 9.17) is 0 Å². The molecule has 0 saturated carbocycles. The van der Waals surface area contributed by atoms with Gasteiger partial charge in [-0.25, -0.2) is 4.39 Å². The van der Waals surface area contributed by atoms with Crippen LogP contribution in [0.25, 0.3) is 0 Å². The number of anilines is 1. The lowest BCUT2D eigenvalue weighted by atomic mass is 10.2. The molecule has 0 N–H and O–H groups in total. The predicted molar refractivity (Wildman–Crippen MR) is 66.2 cm³/mol. The summed E-state index contributed by atoms with van der Waals surface area (Å²) in [7, 11) is 0. The van der Waals surface area contributed by atoms with Crippen molar-refractivity contribution in [2.24, 2.45) is 0 Å². The molecule has 110 valence electrons. The van der Waals surface area contributed by atoms with Gasteiger partial charge in [0.25, 0.3) is 12.1 Å². The lowest BCUT2D eigenvalue weighted by Crippen LogP contribution is -2.53. The molecule has 3 nitrogen and oxygen atoms in total. The number of hydrogen-bond acceptors (Lipinski definition) is 2. The number of benzene rings is 1. The zero-order chi connectivity index (χ0) is 14.8. The molecule has 1 aromatic rings. The zero-order valence-electron chi connectivity index (χ0n) is 10.6. The molecule has 1 fully saturated rings. The van der Waals surface area contributed by atoms with Gasteiger partial charge in [0.15, 0.2) is 0 Å². The largest absolute Gasteiger partial charge is 0.428 e. The summed E-state index contributed by atoms with van der Waals surface area (Å²) in [6, 6.07) is 9.33. The van der Waals surface area contributed by atoms with Gasteiger partial charge in [-0.3, -0.25) is 4.79 Å². The van der Waals surface area contributed by atoms with E-state index in [9.17, 15) is 22.4 Å². The Morgan fingerprint density at radius 1 is 1.05 bits per heavy atom. The highest BCUT2D eigenvalue weighted by atomic mass is 19.4. The first-order valence-corrected chi connectivity index (χ1v) is 6.19. The van der Waals surface area contributed by atoms with Gasteiger partial charge in [0, 0.05) is 31.9 Å². The number of nitrogens with zero attached hydrogens (tertiary/aromatic N) is 2. The van der Waals surface area contributed by atoms with Crippen molar-refractivity contribution in [1.29, 1.82) is 0 Å². The van der Waals surface area contributed by atoms with E-state index in [1.807, 2.05) is 35.2 Å². The van der Waals surface area contributed by atoms with Gasteiger partial charge in [-0.2, -0.15) is 13.2 Å². The van der Waals surface area contributed by atoms with Crippen LogP contribution in [0.1, 0.15) is 0 Å². The maximum atomic E-state index is 13.0. The lowest BCUT2D eigenvalue weighted by Gasteiger charge is -2.36. The van der Waals surface area contributed by atoms with Gasteiger partial charge in [0.1, 0.15) is 0 Å². The molecule has 1 heterocycles. The Morgan fingerprint density at radius 2 is 1.60 bits per heavy atom. The van der Waals surface area contributed by atoms with Crippen LogP contribution >= 0.6 is 0 Å². The third-order valence-corrected chi connectivity index (χ3v) is 3.22. The second-order valence-electron chi connectivity index (χ2n) is 4.55. The zero-order valence-corrected chi connectivity index (χ0v) is 10.6. The summed E-state index contributed by atoms with van der Waals surface area (Å²) in [6.07, 6.45) is -8.56. The Kier molecular flexibility index (Phi) is 4.15. The monoisotopic (exact) mass is 290 g/mol. The van der Waals surface area contributed by atoms with Gasteiger partial charge in [-0.15, -0.1) is 0 Å². The molecule has 0 spiro atoms. The number of halogens is 4. The number of carbonyl (C=O) groups excluding carboxylic acids is 1. The molecule has 1 aromatic carbocycles. The first kappa shape index (κ1) is 14.6. The van der Waals surface area contributed by atoms with E-state index in [0.717, 1.165) is 10.6 Å². The van der Waals surface area contributed by atoms with Crippen LogP contribution in [0.3, 0.4) is 0 Å². The molecule has 2 rings (SSSR count). The van der Waals surface area contributed by atoms with Gasteiger partial charge < -0.3 is 9.80 Å². The van der Waals surface area contributed by atoms with Crippen molar-refractivity contribution in [1.82, 2.24) is 4.90 Å². The summed E-state index contributed by atoms with van der Waals surface area (Å²) < 4.78 is 49.5. The standard InChI is InChI=1S/C13H14F4N2O/c14-11(13(15,16)17)12(20)19-8-6-18(7-9-19)10-4-2-1-3-5-10/h1-5,11H,6-9H2/t11-/m1/s1. The average Bonchev–Trinajstić information content (AvgIpc) is 2.46. The average molecular weight is 290 g/mol. The van der Waals surface area contributed by atoms with Gasteiger partial charge in [0.2, 0.25) is 0 Å². The molecule has 0 aliphatic carbocycles. The summed E-state index contributed by atoms with van der Waals surface area (Å²) in [4.78, 5) is 14.3. The van der Waals surface area contributed by atoms with Crippen molar-refractivity contribution < 1.29 is 22.4 Å². The molecule has 7 heteroatoms. The minimum Gasteiger partial charge on any atom is -0.368 e. The van der Waals surface area contributed by atoms with Gasteiger partial charge in [-0.1, -0.05) is 18.2 Å². The number of carbonyl (C=O) groups is 1. The Balaban J connectivity index is 1.93. The number of amides is 1. The SMILES string of the molecule is O=C([C@@H](F)C(F)(F)F)N1CCN(c2ccccc2)CC1. The van der Waals surface area contributed by atoms with Crippen LogP contribution < -0.4 is 4.90 Å². The molecule has 0 radical (unpaired) electrons. The third kappa shape index (κ3) is 3.20. The van der Waals surface area contributed by atoms with Gasteiger partial charge >= 0.3 is 6.18 Å². The Labute approximate surface area is 113 Å². The van der Waals surface area contributed by atoms with Crippen molar-refractivity contribution >= 4 is 11.6 Å². The first-order valence-electron chi connectivity index (χ1n) is 6.19.